The number of piperidine rings is 1. The molecule has 0 unspecified atom stereocenters. The van der Waals surface area contributed by atoms with Crippen molar-refractivity contribution in [2.24, 2.45) is 0 Å². The van der Waals surface area contributed by atoms with E-state index in [0.717, 1.165) is 6.61 Å². The van der Waals surface area contributed by atoms with Crippen molar-refractivity contribution in [1.82, 2.24) is 4.90 Å². The maximum atomic E-state index is 5.92. The average molecular weight is 217 g/mol. The highest BCUT2D eigenvalue weighted by atomic mass is 16.5. The highest BCUT2D eigenvalue weighted by Crippen LogP contribution is 2.38. The molecule has 2 aliphatic heterocycles. The van der Waals surface area contributed by atoms with Gasteiger partial charge >= 0.3 is 0 Å². The van der Waals surface area contributed by atoms with E-state index in [0.29, 0.717) is 18.3 Å². The highest BCUT2D eigenvalue weighted by Gasteiger charge is 2.40. The fourth-order valence-electron chi connectivity index (χ4n) is 3.08. The molecule has 0 spiro atoms. The summed E-state index contributed by atoms with van der Waals surface area (Å²) in [4.78, 5) is 2.57. The third kappa shape index (κ3) is 1.66. The molecule has 1 aromatic carbocycles. The van der Waals surface area contributed by atoms with E-state index in [2.05, 4.69) is 42.2 Å². The van der Waals surface area contributed by atoms with Crippen LogP contribution in [0.4, 0.5) is 0 Å². The summed E-state index contributed by atoms with van der Waals surface area (Å²) in [5.74, 6) is 0. The van der Waals surface area contributed by atoms with Crippen molar-refractivity contribution in [3.05, 3.63) is 35.9 Å². The van der Waals surface area contributed by atoms with Gasteiger partial charge in [-0.15, -0.1) is 0 Å². The number of hydrogen-bond donors (Lipinski definition) is 0. The van der Waals surface area contributed by atoms with Crippen LogP contribution in [0.3, 0.4) is 0 Å². The fourth-order valence-corrected chi connectivity index (χ4v) is 3.08. The van der Waals surface area contributed by atoms with E-state index in [1.807, 2.05) is 0 Å². The first-order valence-corrected chi connectivity index (χ1v) is 6.30. The molecule has 0 aromatic heterocycles. The summed E-state index contributed by atoms with van der Waals surface area (Å²) < 4.78 is 5.92. The molecule has 0 radical (unpaired) electrons. The first-order valence-electron chi connectivity index (χ1n) is 6.30. The van der Waals surface area contributed by atoms with Crippen molar-refractivity contribution >= 4 is 0 Å². The lowest BCUT2D eigenvalue weighted by atomic mass is 9.98. The Hall–Kier alpha value is -0.860. The third-order valence-electron chi connectivity index (χ3n) is 3.91. The Morgan fingerprint density at radius 3 is 2.81 bits per heavy atom. The largest absolute Gasteiger partial charge is 0.361 e. The van der Waals surface area contributed by atoms with Gasteiger partial charge < -0.3 is 4.74 Å². The molecule has 2 saturated heterocycles. The van der Waals surface area contributed by atoms with Gasteiger partial charge in [0.25, 0.3) is 0 Å². The quantitative estimate of drug-likeness (QED) is 0.717. The topological polar surface area (TPSA) is 12.5 Å². The van der Waals surface area contributed by atoms with Gasteiger partial charge in [-0.2, -0.15) is 0 Å². The Kier molecular flexibility index (Phi) is 2.70. The van der Waals surface area contributed by atoms with Gasteiger partial charge in [0.1, 0.15) is 6.23 Å². The van der Waals surface area contributed by atoms with Crippen molar-refractivity contribution in [3.8, 4) is 0 Å². The van der Waals surface area contributed by atoms with Crippen LogP contribution in [0.1, 0.15) is 37.8 Å². The Labute approximate surface area is 97.2 Å². The Morgan fingerprint density at radius 1 is 1.19 bits per heavy atom. The van der Waals surface area contributed by atoms with Crippen LogP contribution in [-0.4, -0.2) is 23.8 Å². The molecule has 2 nitrogen and oxygen atoms in total. The number of rotatable bonds is 1. The molecule has 0 saturated carbocycles. The molecule has 0 amide bonds. The van der Waals surface area contributed by atoms with Crippen LogP contribution in [0, 0.1) is 0 Å². The Balaban J connectivity index is 1.86. The zero-order chi connectivity index (χ0) is 11.0. The summed E-state index contributed by atoms with van der Waals surface area (Å²) in [5.41, 5.74) is 1.40. The zero-order valence-electron chi connectivity index (χ0n) is 9.80. The van der Waals surface area contributed by atoms with Crippen LogP contribution >= 0.6 is 0 Å². The van der Waals surface area contributed by atoms with E-state index < -0.39 is 0 Å². The molecule has 0 bridgehead atoms. The van der Waals surface area contributed by atoms with Gasteiger partial charge in [0, 0.05) is 6.04 Å². The average Bonchev–Trinajstić information content (AvgIpc) is 2.75. The van der Waals surface area contributed by atoms with Gasteiger partial charge in [0.2, 0.25) is 0 Å². The maximum Gasteiger partial charge on any atom is 0.111 e. The minimum atomic E-state index is 0.369. The normalized spacial score (nSPS) is 34.9. The van der Waals surface area contributed by atoms with Gasteiger partial charge in [-0.1, -0.05) is 30.3 Å². The van der Waals surface area contributed by atoms with Crippen molar-refractivity contribution < 1.29 is 4.74 Å². The molecular weight excluding hydrogens is 198 g/mol. The molecule has 86 valence electrons. The molecule has 2 aliphatic rings. The lowest BCUT2D eigenvalue weighted by Crippen LogP contribution is -2.42. The number of fused-ring (bicyclic) bond motifs is 1. The summed E-state index contributed by atoms with van der Waals surface area (Å²) in [6, 6.07) is 11.9. The predicted molar refractivity (Wildman–Crippen MR) is 64.1 cm³/mol. The van der Waals surface area contributed by atoms with Crippen LogP contribution in [-0.2, 0) is 4.74 Å². The minimum Gasteiger partial charge on any atom is -0.361 e. The van der Waals surface area contributed by atoms with Crippen LogP contribution in [0.25, 0.3) is 0 Å². The second-order valence-electron chi connectivity index (χ2n) is 4.94. The van der Waals surface area contributed by atoms with Crippen molar-refractivity contribution in [2.45, 2.75) is 44.5 Å². The fraction of sp³-hybridized carbons (Fsp3) is 0.571. The molecule has 3 atom stereocenters. The van der Waals surface area contributed by atoms with E-state index in [9.17, 15) is 0 Å². The smallest absolute Gasteiger partial charge is 0.111 e. The third-order valence-corrected chi connectivity index (χ3v) is 3.91. The number of nitrogens with zero attached hydrogens (tertiary/aromatic N) is 1. The van der Waals surface area contributed by atoms with Gasteiger partial charge in [0.15, 0.2) is 0 Å². The van der Waals surface area contributed by atoms with Crippen LogP contribution in [0.5, 0.6) is 0 Å². The van der Waals surface area contributed by atoms with Gasteiger partial charge in [-0.25, -0.2) is 0 Å². The highest BCUT2D eigenvalue weighted by molar-refractivity contribution is 5.20. The maximum absolute atomic E-state index is 5.92. The Bertz CT molecular complexity index is 351. The first kappa shape index (κ1) is 10.3. The zero-order valence-corrected chi connectivity index (χ0v) is 9.80. The predicted octanol–water partition coefficient (Wildman–Crippen LogP) is 2.96. The SMILES string of the molecule is C[C@@H]1CCC[C@H]2OC[C@@H](c3ccccc3)N12. The number of benzene rings is 1. The van der Waals surface area contributed by atoms with E-state index in [1.165, 1.54) is 24.8 Å². The van der Waals surface area contributed by atoms with Crippen LogP contribution in [0.15, 0.2) is 30.3 Å². The number of ether oxygens (including phenoxy) is 1. The number of hydrogen-bond acceptors (Lipinski definition) is 2. The summed E-state index contributed by atoms with van der Waals surface area (Å²) in [6.07, 6.45) is 4.19. The summed E-state index contributed by atoms with van der Waals surface area (Å²) in [7, 11) is 0. The van der Waals surface area contributed by atoms with Crippen LogP contribution < -0.4 is 0 Å². The van der Waals surface area contributed by atoms with Crippen LogP contribution in [0.2, 0.25) is 0 Å². The van der Waals surface area contributed by atoms with Crippen molar-refractivity contribution in [3.63, 3.8) is 0 Å². The second-order valence-corrected chi connectivity index (χ2v) is 4.94. The standard InChI is InChI=1S/C14H19NO/c1-11-6-5-9-14-15(11)13(10-16-14)12-7-3-2-4-8-12/h2-4,7-8,11,13-14H,5-6,9-10H2,1H3/t11-,13+,14-/m1/s1. The molecule has 3 rings (SSSR count). The minimum absolute atomic E-state index is 0.369. The van der Waals surface area contributed by atoms with Gasteiger partial charge in [-0.05, 0) is 31.7 Å². The molecule has 1 aromatic rings. The van der Waals surface area contributed by atoms with E-state index in [4.69, 9.17) is 4.74 Å². The van der Waals surface area contributed by atoms with Gasteiger partial charge in [0.05, 0.1) is 12.6 Å². The molecule has 0 N–H and O–H groups in total. The molecule has 2 heteroatoms. The van der Waals surface area contributed by atoms with E-state index in [-0.39, 0.29) is 0 Å². The first-order chi connectivity index (χ1) is 7.86. The monoisotopic (exact) mass is 217 g/mol. The molecule has 0 aliphatic carbocycles. The summed E-state index contributed by atoms with van der Waals surface area (Å²) in [5, 5.41) is 0. The molecular formula is C14H19NO. The Morgan fingerprint density at radius 2 is 2.00 bits per heavy atom. The second kappa shape index (κ2) is 4.19. The molecule has 16 heavy (non-hydrogen) atoms. The lowest BCUT2D eigenvalue weighted by Gasteiger charge is -2.37. The lowest BCUT2D eigenvalue weighted by molar-refractivity contribution is -0.0211. The van der Waals surface area contributed by atoms with Crippen molar-refractivity contribution in [2.75, 3.05) is 6.61 Å². The van der Waals surface area contributed by atoms with Crippen molar-refractivity contribution in [1.29, 1.82) is 0 Å². The van der Waals surface area contributed by atoms with E-state index >= 15 is 0 Å². The summed E-state index contributed by atoms with van der Waals surface area (Å²) in [6.45, 7) is 3.19. The molecule has 2 heterocycles. The van der Waals surface area contributed by atoms with E-state index in [1.54, 1.807) is 0 Å². The van der Waals surface area contributed by atoms with Gasteiger partial charge in [-0.3, -0.25) is 4.90 Å². The summed E-state index contributed by atoms with van der Waals surface area (Å²) >= 11 is 0. The molecule has 2 fully saturated rings.